The van der Waals surface area contributed by atoms with Crippen LogP contribution in [0.25, 0.3) is 6.08 Å². The van der Waals surface area contributed by atoms with Crippen LogP contribution in [-0.4, -0.2) is 22.8 Å². The number of aromatic amines is 1. The predicted molar refractivity (Wildman–Crippen MR) is 72.0 cm³/mol. The second-order valence-corrected chi connectivity index (χ2v) is 5.35. The summed E-state index contributed by atoms with van der Waals surface area (Å²) in [6.45, 7) is 0.208. The van der Waals surface area contributed by atoms with Crippen LogP contribution in [0, 0.1) is 11.8 Å². The lowest BCUT2D eigenvalue weighted by molar-refractivity contribution is 0.285. The lowest BCUT2D eigenvalue weighted by Crippen LogP contribution is -2.30. The van der Waals surface area contributed by atoms with Crippen molar-refractivity contribution in [1.29, 1.82) is 0 Å². The van der Waals surface area contributed by atoms with Crippen molar-refractivity contribution >= 4 is 17.4 Å². The molecule has 0 amide bonds. The standard InChI is InChI=1S/C14H11FN2OS/c15-10-5-9-6-11(17-14(9)16-7-10)1-2-12-3-4-13(8-18)19-12/h3-6,10,18H,7-8H2,(H,16,17). The first-order chi connectivity index (χ1) is 9.24. The number of rotatable bonds is 1. The van der Waals surface area contributed by atoms with Gasteiger partial charge in [0.2, 0.25) is 0 Å². The second kappa shape index (κ2) is 5.00. The normalized spacial score (nSPS) is 16.8. The molecule has 3 rings (SSSR count). The molecule has 1 aliphatic rings. The summed E-state index contributed by atoms with van der Waals surface area (Å²) in [6.07, 6.45) is 0.549. The number of H-pyrrole nitrogens is 1. The molecule has 1 aliphatic heterocycles. The minimum atomic E-state index is -1.01. The zero-order valence-corrected chi connectivity index (χ0v) is 10.8. The quantitative estimate of drug-likeness (QED) is 0.740. The summed E-state index contributed by atoms with van der Waals surface area (Å²) in [5.74, 6) is 6.00. The minimum absolute atomic E-state index is 0.0366. The summed E-state index contributed by atoms with van der Waals surface area (Å²) in [4.78, 5) is 8.95. The Bertz CT molecular complexity index is 778. The van der Waals surface area contributed by atoms with Gasteiger partial charge in [0.1, 0.15) is 11.7 Å². The minimum Gasteiger partial charge on any atom is -0.391 e. The molecule has 0 saturated carbocycles. The Morgan fingerprint density at radius 2 is 2.37 bits per heavy atom. The molecule has 2 aromatic rings. The Kier molecular flexibility index (Phi) is 3.20. The zero-order valence-electron chi connectivity index (χ0n) is 9.98. The Morgan fingerprint density at radius 3 is 3.16 bits per heavy atom. The molecule has 2 aromatic heterocycles. The van der Waals surface area contributed by atoms with Crippen LogP contribution in [0.2, 0.25) is 0 Å². The number of thiophene rings is 1. The number of hydrogen-bond donors (Lipinski definition) is 2. The molecule has 0 saturated heterocycles. The summed E-state index contributed by atoms with van der Waals surface area (Å²) in [7, 11) is 0. The van der Waals surface area contributed by atoms with Crippen LogP contribution in [-0.2, 0) is 6.61 Å². The molecular weight excluding hydrogens is 263 g/mol. The molecule has 0 spiro atoms. The van der Waals surface area contributed by atoms with E-state index in [1.54, 1.807) is 12.1 Å². The number of hydrogen-bond acceptors (Lipinski definition) is 3. The maximum Gasteiger partial charge on any atom is 0.139 e. The molecule has 1 atom stereocenters. The number of nitrogens with one attached hydrogen (secondary N) is 1. The molecule has 1 unspecified atom stereocenters. The van der Waals surface area contributed by atoms with Gasteiger partial charge in [-0.3, -0.25) is 4.99 Å². The Labute approximate surface area is 113 Å². The SMILES string of the molecule is OCc1ccc(C#Cc2cc3c([nH]2)=NCC(F)C=3)s1. The fourth-order valence-corrected chi connectivity index (χ4v) is 2.59. The molecule has 0 radical (unpaired) electrons. The lowest BCUT2D eigenvalue weighted by Gasteiger charge is -1.99. The maximum atomic E-state index is 13.1. The predicted octanol–water partition coefficient (Wildman–Crippen LogP) is 0.720. The number of aliphatic hydroxyl groups excluding tert-OH is 1. The van der Waals surface area contributed by atoms with Crippen LogP contribution < -0.4 is 10.7 Å². The maximum absolute atomic E-state index is 13.1. The Hall–Kier alpha value is -1.90. The monoisotopic (exact) mass is 274 g/mol. The smallest absolute Gasteiger partial charge is 0.139 e. The van der Waals surface area contributed by atoms with Crippen molar-refractivity contribution in [2.24, 2.45) is 4.99 Å². The third-order valence-electron chi connectivity index (χ3n) is 2.75. The van der Waals surface area contributed by atoms with E-state index >= 15 is 0 Å². The van der Waals surface area contributed by atoms with Crippen LogP contribution in [0.1, 0.15) is 15.4 Å². The van der Waals surface area contributed by atoms with E-state index in [1.807, 2.05) is 12.1 Å². The first kappa shape index (κ1) is 12.2. The van der Waals surface area contributed by atoms with Gasteiger partial charge in [0, 0.05) is 10.1 Å². The highest BCUT2D eigenvalue weighted by atomic mass is 32.1. The highest BCUT2D eigenvalue weighted by Gasteiger charge is 2.07. The Morgan fingerprint density at radius 1 is 1.47 bits per heavy atom. The highest BCUT2D eigenvalue weighted by molar-refractivity contribution is 7.12. The van der Waals surface area contributed by atoms with Gasteiger partial charge in [-0.15, -0.1) is 11.3 Å². The molecule has 2 N–H and O–H groups in total. The van der Waals surface area contributed by atoms with Gasteiger partial charge in [0.15, 0.2) is 0 Å². The molecule has 0 aromatic carbocycles. The first-order valence-electron chi connectivity index (χ1n) is 5.85. The van der Waals surface area contributed by atoms with Crippen molar-refractivity contribution in [3.63, 3.8) is 0 Å². The van der Waals surface area contributed by atoms with E-state index in [2.05, 4.69) is 21.8 Å². The zero-order chi connectivity index (χ0) is 13.2. The van der Waals surface area contributed by atoms with Gasteiger partial charge >= 0.3 is 0 Å². The molecule has 3 nitrogen and oxygen atoms in total. The van der Waals surface area contributed by atoms with Crippen molar-refractivity contribution in [3.8, 4) is 11.8 Å². The molecular formula is C14H11FN2OS. The van der Waals surface area contributed by atoms with E-state index in [4.69, 9.17) is 5.11 Å². The molecule has 0 bridgehead atoms. The lowest BCUT2D eigenvalue weighted by atomic mass is 10.2. The van der Waals surface area contributed by atoms with Gasteiger partial charge in [-0.25, -0.2) is 4.39 Å². The van der Waals surface area contributed by atoms with Gasteiger partial charge in [-0.05, 0) is 36.1 Å². The van der Waals surface area contributed by atoms with E-state index in [-0.39, 0.29) is 13.2 Å². The molecule has 0 fully saturated rings. The van der Waals surface area contributed by atoms with E-state index < -0.39 is 6.17 Å². The number of alkyl halides is 1. The molecule has 19 heavy (non-hydrogen) atoms. The third kappa shape index (κ3) is 2.60. The van der Waals surface area contributed by atoms with Crippen molar-refractivity contribution in [3.05, 3.63) is 44.4 Å². The number of nitrogens with zero attached hydrogens (tertiary/aromatic N) is 1. The van der Waals surface area contributed by atoms with Crippen LogP contribution in [0.4, 0.5) is 4.39 Å². The molecule has 3 heterocycles. The van der Waals surface area contributed by atoms with E-state index in [9.17, 15) is 4.39 Å². The highest BCUT2D eigenvalue weighted by Crippen LogP contribution is 2.14. The van der Waals surface area contributed by atoms with Crippen molar-refractivity contribution in [1.82, 2.24) is 4.98 Å². The third-order valence-corrected chi connectivity index (χ3v) is 3.73. The average molecular weight is 274 g/mol. The summed E-state index contributed by atoms with van der Waals surface area (Å²) in [5.41, 5.74) is 1.42. The van der Waals surface area contributed by atoms with Crippen molar-refractivity contribution in [2.75, 3.05) is 6.54 Å². The van der Waals surface area contributed by atoms with Crippen molar-refractivity contribution in [2.45, 2.75) is 12.8 Å². The van der Waals surface area contributed by atoms with Gasteiger partial charge in [-0.1, -0.05) is 0 Å². The number of halogens is 1. The van der Waals surface area contributed by atoms with Gasteiger partial charge in [-0.2, -0.15) is 0 Å². The van der Waals surface area contributed by atoms with Crippen LogP contribution >= 0.6 is 11.3 Å². The topological polar surface area (TPSA) is 48.4 Å². The fourth-order valence-electron chi connectivity index (χ4n) is 1.87. The first-order valence-corrected chi connectivity index (χ1v) is 6.67. The summed E-state index contributed by atoms with van der Waals surface area (Å²) < 4.78 is 13.1. The van der Waals surface area contributed by atoms with Crippen LogP contribution in [0.3, 0.4) is 0 Å². The van der Waals surface area contributed by atoms with E-state index in [1.165, 1.54) is 11.3 Å². The average Bonchev–Trinajstić information content (AvgIpc) is 3.01. The molecule has 0 aliphatic carbocycles. The number of aromatic nitrogens is 1. The summed E-state index contributed by atoms with van der Waals surface area (Å²) >= 11 is 1.46. The Balaban J connectivity index is 1.91. The van der Waals surface area contributed by atoms with Gasteiger partial charge in [0.05, 0.1) is 23.7 Å². The number of aliphatic hydroxyl groups is 1. The summed E-state index contributed by atoms with van der Waals surface area (Å²) in [6, 6.07) is 5.53. The second-order valence-electron chi connectivity index (χ2n) is 4.18. The van der Waals surface area contributed by atoms with Gasteiger partial charge < -0.3 is 10.1 Å². The van der Waals surface area contributed by atoms with Crippen molar-refractivity contribution < 1.29 is 9.50 Å². The van der Waals surface area contributed by atoms with Crippen LogP contribution in [0.15, 0.2) is 23.2 Å². The largest absolute Gasteiger partial charge is 0.391 e. The van der Waals surface area contributed by atoms with Crippen LogP contribution in [0.5, 0.6) is 0 Å². The summed E-state index contributed by atoms with van der Waals surface area (Å²) in [5, 5.41) is 9.74. The molecule has 96 valence electrons. The van der Waals surface area contributed by atoms with E-state index in [0.717, 1.165) is 20.7 Å². The molecule has 5 heteroatoms. The number of fused-ring (bicyclic) bond motifs is 1. The van der Waals surface area contributed by atoms with Gasteiger partial charge in [0.25, 0.3) is 0 Å². The van der Waals surface area contributed by atoms with E-state index in [0.29, 0.717) is 5.49 Å². The fraction of sp³-hybridized carbons (Fsp3) is 0.214.